The van der Waals surface area contributed by atoms with E-state index in [-0.39, 0.29) is 0 Å². The lowest BCUT2D eigenvalue weighted by Crippen LogP contribution is -2.26. The maximum Gasteiger partial charge on any atom is 0.292 e. The monoisotopic (exact) mass is 200 g/mol. The molecule has 2 aliphatic heterocycles. The van der Waals surface area contributed by atoms with Crippen molar-refractivity contribution in [1.82, 2.24) is 0 Å². The largest absolute Gasteiger partial charge is 0.435 e. The van der Waals surface area contributed by atoms with Crippen LogP contribution in [0.15, 0.2) is 35.5 Å². The van der Waals surface area contributed by atoms with Gasteiger partial charge >= 0.3 is 0 Å². The van der Waals surface area contributed by atoms with Crippen LogP contribution in [0.4, 0.5) is 0 Å². The smallest absolute Gasteiger partial charge is 0.292 e. The topological polar surface area (TPSA) is 12.2 Å². The molecule has 0 spiro atoms. The van der Waals surface area contributed by atoms with Gasteiger partial charge in [-0.1, -0.05) is 12.1 Å². The third kappa shape index (κ3) is 1.14. The van der Waals surface area contributed by atoms with Crippen LogP contribution in [0.25, 0.3) is 0 Å². The summed E-state index contributed by atoms with van der Waals surface area (Å²) in [6.45, 7) is 5.03. The standard InChI is InChI=1S/C13H14NO/c1-9-7-12-11-5-3-4-6-13(11)15-8-14(12)10(9)2/h3-6H,7-8H2,1-2H3/q+1. The molecule has 0 bridgehead atoms. The molecular formula is C13H14NO+. The highest BCUT2D eigenvalue weighted by atomic mass is 16.5. The zero-order chi connectivity index (χ0) is 10.4. The van der Waals surface area contributed by atoms with Crippen LogP contribution in [0.1, 0.15) is 25.8 Å². The Morgan fingerprint density at radius 1 is 1.20 bits per heavy atom. The highest BCUT2D eigenvalue weighted by Crippen LogP contribution is 2.30. The Balaban J connectivity index is 2.17. The number of rotatable bonds is 0. The van der Waals surface area contributed by atoms with Crippen molar-refractivity contribution in [2.45, 2.75) is 20.3 Å². The molecule has 0 atom stereocenters. The highest BCUT2D eigenvalue weighted by Gasteiger charge is 2.33. The fourth-order valence-corrected chi connectivity index (χ4v) is 2.29. The molecule has 0 N–H and O–H groups in total. The van der Waals surface area contributed by atoms with Gasteiger partial charge in [-0.3, -0.25) is 0 Å². The van der Waals surface area contributed by atoms with Crippen molar-refractivity contribution in [2.24, 2.45) is 0 Å². The fraction of sp³-hybridized carbons (Fsp3) is 0.308. The molecule has 0 aromatic heterocycles. The molecule has 1 aromatic carbocycles. The van der Waals surface area contributed by atoms with Gasteiger partial charge in [-0.15, -0.1) is 0 Å². The summed E-state index contributed by atoms with van der Waals surface area (Å²) in [6, 6.07) is 8.28. The lowest BCUT2D eigenvalue weighted by molar-refractivity contribution is -0.511. The van der Waals surface area contributed by atoms with Crippen LogP contribution in [0.2, 0.25) is 0 Å². The molecule has 2 aliphatic rings. The quantitative estimate of drug-likeness (QED) is 0.586. The molecule has 15 heavy (non-hydrogen) atoms. The van der Waals surface area contributed by atoms with Gasteiger partial charge in [0.15, 0.2) is 11.4 Å². The van der Waals surface area contributed by atoms with Crippen molar-refractivity contribution in [2.75, 3.05) is 6.73 Å². The van der Waals surface area contributed by atoms with Gasteiger partial charge in [-0.05, 0) is 19.1 Å². The zero-order valence-electron chi connectivity index (χ0n) is 9.08. The van der Waals surface area contributed by atoms with Gasteiger partial charge in [0, 0.05) is 12.5 Å². The number of hydrogen-bond acceptors (Lipinski definition) is 1. The zero-order valence-corrected chi connectivity index (χ0v) is 9.08. The molecule has 0 aliphatic carbocycles. The van der Waals surface area contributed by atoms with Crippen LogP contribution in [-0.4, -0.2) is 17.0 Å². The van der Waals surface area contributed by atoms with E-state index in [4.69, 9.17) is 4.74 Å². The molecule has 0 saturated heterocycles. The predicted molar refractivity (Wildman–Crippen MR) is 59.3 cm³/mol. The fourth-order valence-electron chi connectivity index (χ4n) is 2.29. The average Bonchev–Trinajstić information content (AvgIpc) is 2.56. The first-order chi connectivity index (χ1) is 7.27. The Morgan fingerprint density at radius 3 is 2.87 bits per heavy atom. The minimum Gasteiger partial charge on any atom is -0.435 e. The SMILES string of the molecule is CC1=C(C)[N+]2=C(C1)c1ccccc1OC2. The minimum atomic E-state index is 0.662. The molecule has 0 amide bonds. The first kappa shape index (κ1) is 8.72. The van der Waals surface area contributed by atoms with Gasteiger partial charge in [-0.2, -0.15) is 4.58 Å². The second-order valence-electron chi connectivity index (χ2n) is 4.19. The Hall–Kier alpha value is -1.57. The van der Waals surface area contributed by atoms with E-state index in [0.29, 0.717) is 6.73 Å². The molecule has 2 heteroatoms. The number of benzene rings is 1. The highest BCUT2D eigenvalue weighted by molar-refractivity contribution is 6.02. The lowest BCUT2D eigenvalue weighted by atomic mass is 10.0. The van der Waals surface area contributed by atoms with Crippen molar-refractivity contribution < 1.29 is 9.31 Å². The molecular weight excluding hydrogens is 186 g/mol. The molecule has 0 fully saturated rings. The van der Waals surface area contributed by atoms with Crippen LogP contribution in [0, 0.1) is 0 Å². The molecule has 2 nitrogen and oxygen atoms in total. The van der Waals surface area contributed by atoms with E-state index in [1.165, 1.54) is 22.5 Å². The van der Waals surface area contributed by atoms with E-state index in [1.54, 1.807) is 0 Å². The van der Waals surface area contributed by atoms with Crippen molar-refractivity contribution >= 4 is 5.71 Å². The molecule has 0 unspecified atom stereocenters. The van der Waals surface area contributed by atoms with E-state index in [1.807, 2.05) is 12.1 Å². The number of allylic oxidation sites excluding steroid dienone is 2. The summed E-state index contributed by atoms with van der Waals surface area (Å²) in [6.07, 6.45) is 1.06. The molecule has 3 rings (SSSR count). The van der Waals surface area contributed by atoms with Gasteiger partial charge in [0.25, 0.3) is 6.73 Å². The van der Waals surface area contributed by atoms with Gasteiger partial charge in [-0.25, -0.2) is 0 Å². The number of para-hydroxylation sites is 1. The summed E-state index contributed by atoms with van der Waals surface area (Å²) in [4.78, 5) is 0. The molecule has 1 aromatic rings. The summed E-state index contributed by atoms with van der Waals surface area (Å²) in [5, 5.41) is 0. The van der Waals surface area contributed by atoms with E-state index >= 15 is 0 Å². The maximum absolute atomic E-state index is 5.73. The Bertz CT molecular complexity index is 497. The van der Waals surface area contributed by atoms with Crippen LogP contribution in [-0.2, 0) is 0 Å². The molecule has 76 valence electrons. The van der Waals surface area contributed by atoms with E-state index in [9.17, 15) is 0 Å². The first-order valence-corrected chi connectivity index (χ1v) is 5.29. The summed E-state index contributed by atoms with van der Waals surface area (Å²) in [7, 11) is 0. The second-order valence-corrected chi connectivity index (χ2v) is 4.19. The van der Waals surface area contributed by atoms with Gasteiger partial charge in [0.2, 0.25) is 0 Å². The van der Waals surface area contributed by atoms with E-state index in [0.717, 1.165) is 12.2 Å². The van der Waals surface area contributed by atoms with Gasteiger partial charge in [0.1, 0.15) is 5.75 Å². The van der Waals surface area contributed by atoms with Crippen molar-refractivity contribution in [3.8, 4) is 5.75 Å². The van der Waals surface area contributed by atoms with Crippen molar-refractivity contribution in [3.05, 3.63) is 41.1 Å². The van der Waals surface area contributed by atoms with E-state index in [2.05, 4.69) is 30.6 Å². The van der Waals surface area contributed by atoms with Crippen molar-refractivity contribution in [3.63, 3.8) is 0 Å². The molecule has 0 saturated carbocycles. The van der Waals surface area contributed by atoms with Gasteiger partial charge in [0.05, 0.1) is 12.0 Å². The minimum absolute atomic E-state index is 0.662. The number of nitrogens with zero attached hydrogens (tertiary/aromatic N) is 1. The lowest BCUT2D eigenvalue weighted by Gasteiger charge is -2.14. The predicted octanol–water partition coefficient (Wildman–Crippen LogP) is 2.54. The molecule has 0 radical (unpaired) electrons. The Labute approximate surface area is 89.5 Å². The first-order valence-electron chi connectivity index (χ1n) is 5.29. The average molecular weight is 200 g/mol. The Morgan fingerprint density at radius 2 is 2.00 bits per heavy atom. The number of hydrogen-bond donors (Lipinski definition) is 0. The number of ether oxygens (including phenoxy) is 1. The third-order valence-electron chi connectivity index (χ3n) is 3.33. The van der Waals surface area contributed by atoms with Gasteiger partial charge < -0.3 is 4.74 Å². The maximum atomic E-state index is 5.73. The number of fused-ring (bicyclic) bond motifs is 2. The van der Waals surface area contributed by atoms with Crippen molar-refractivity contribution in [1.29, 1.82) is 0 Å². The summed E-state index contributed by atoms with van der Waals surface area (Å²) >= 11 is 0. The van der Waals surface area contributed by atoms with E-state index < -0.39 is 0 Å². The van der Waals surface area contributed by atoms with Crippen LogP contribution in [0.5, 0.6) is 5.75 Å². The summed E-state index contributed by atoms with van der Waals surface area (Å²) in [5.41, 5.74) is 5.44. The Kier molecular flexibility index (Phi) is 1.72. The normalized spacial score (nSPS) is 18.8. The summed E-state index contributed by atoms with van der Waals surface area (Å²) < 4.78 is 8.00. The molecule has 2 heterocycles. The van der Waals surface area contributed by atoms with Crippen LogP contribution in [0.3, 0.4) is 0 Å². The van der Waals surface area contributed by atoms with Crippen LogP contribution >= 0.6 is 0 Å². The summed E-state index contributed by atoms with van der Waals surface area (Å²) in [5.74, 6) is 1.02. The van der Waals surface area contributed by atoms with Crippen LogP contribution < -0.4 is 4.74 Å². The third-order valence-corrected chi connectivity index (χ3v) is 3.33. The second kappa shape index (κ2) is 2.96.